The number of rotatable bonds is 5. The van der Waals surface area contributed by atoms with Crippen molar-refractivity contribution in [3.63, 3.8) is 0 Å². The molecule has 0 aliphatic rings. The van der Waals surface area contributed by atoms with Crippen molar-refractivity contribution in [3.8, 4) is 0 Å². The molecule has 0 saturated heterocycles. The van der Waals surface area contributed by atoms with Gasteiger partial charge in [-0.05, 0) is 33.7 Å². The van der Waals surface area contributed by atoms with Crippen molar-refractivity contribution in [1.29, 1.82) is 0 Å². The summed E-state index contributed by atoms with van der Waals surface area (Å²) in [5, 5.41) is 9.16. The number of aliphatic hydroxyl groups is 1. The lowest BCUT2D eigenvalue weighted by molar-refractivity contribution is 0.108. The molecule has 0 fully saturated rings. The average molecular weight is 159 g/mol. The molecule has 0 saturated carbocycles. The van der Waals surface area contributed by atoms with Crippen molar-refractivity contribution in [2.24, 2.45) is 0 Å². The maximum atomic E-state index is 9.16. The molecular weight excluding hydrogens is 138 g/mol. The van der Waals surface area contributed by atoms with Crippen LogP contribution in [0.4, 0.5) is 0 Å². The Hall–Kier alpha value is -0.0800. The summed E-state index contributed by atoms with van der Waals surface area (Å²) in [6.07, 6.45) is 0.953. The zero-order valence-electron chi connectivity index (χ0n) is 8.17. The number of nitrogens with zero attached hydrogens (tertiary/aromatic N) is 1. The van der Waals surface area contributed by atoms with Crippen LogP contribution in [0.5, 0.6) is 0 Å². The van der Waals surface area contributed by atoms with Crippen molar-refractivity contribution in [3.05, 3.63) is 0 Å². The summed E-state index contributed by atoms with van der Waals surface area (Å²) >= 11 is 0. The van der Waals surface area contributed by atoms with Crippen LogP contribution in [0.3, 0.4) is 0 Å². The first-order valence-electron chi connectivity index (χ1n) is 4.50. The van der Waals surface area contributed by atoms with E-state index in [2.05, 4.69) is 25.7 Å². The fraction of sp³-hybridized carbons (Fsp3) is 1.00. The molecule has 0 aromatic rings. The van der Waals surface area contributed by atoms with Crippen LogP contribution in [-0.2, 0) is 0 Å². The molecule has 1 atom stereocenters. The quantitative estimate of drug-likeness (QED) is 0.657. The van der Waals surface area contributed by atoms with Gasteiger partial charge in [-0.3, -0.25) is 4.90 Å². The first-order valence-corrected chi connectivity index (χ1v) is 4.50. The number of aliphatic hydroxyl groups excluding tert-OH is 1. The Morgan fingerprint density at radius 1 is 1.27 bits per heavy atom. The molecule has 0 spiro atoms. The van der Waals surface area contributed by atoms with E-state index in [0.717, 1.165) is 19.5 Å². The molecule has 0 heterocycles. The minimum absolute atomic E-state index is 0.205. The van der Waals surface area contributed by atoms with E-state index in [-0.39, 0.29) is 6.10 Å². The Bertz CT molecular complexity index is 91.6. The molecule has 2 heteroatoms. The van der Waals surface area contributed by atoms with E-state index in [4.69, 9.17) is 5.11 Å². The molecule has 0 bridgehead atoms. The van der Waals surface area contributed by atoms with Crippen molar-refractivity contribution in [1.82, 2.24) is 4.90 Å². The summed E-state index contributed by atoms with van der Waals surface area (Å²) in [4.78, 5) is 2.30. The maximum Gasteiger partial charge on any atom is 0.0639 e. The van der Waals surface area contributed by atoms with E-state index >= 15 is 0 Å². The predicted molar refractivity (Wildman–Crippen MR) is 48.7 cm³/mol. The Kier molecular flexibility index (Phi) is 5.51. The lowest BCUT2D eigenvalue weighted by Crippen LogP contribution is -2.37. The fourth-order valence-corrected chi connectivity index (χ4v) is 1.19. The van der Waals surface area contributed by atoms with Gasteiger partial charge in [0, 0.05) is 12.6 Å². The number of hydrogen-bond donors (Lipinski definition) is 1. The van der Waals surface area contributed by atoms with E-state index in [1.165, 1.54) is 0 Å². The molecule has 0 radical (unpaired) electrons. The van der Waals surface area contributed by atoms with E-state index in [1.807, 2.05) is 6.92 Å². The Labute approximate surface area is 70.2 Å². The highest BCUT2D eigenvalue weighted by Crippen LogP contribution is 2.00. The smallest absolute Gasteiger partial charge is 0.0639 e. The highest BCUT2D eigenvalue weighted by molar-refractivity contribution is 4.64. The van der Waals surface area contributed by atoms with Gasteiger partial charge in [-0.1, -0.05) is 6.92 Å². The van der Waals surface area contributed by atoms with Crippen LogP contribution in [0.2, 0.25) is 0 Å². The molecule has 1 N–H and O–H groups in total. The molecule has 0 aromatic carbocycles. The predicted octanol–water partition coefficient (Wildman–Crippen LogP) is 1.49. The summed E-state index contributed by atoms with van der Waals surface area (Å²) in [7, 11) is 0. The second kappa shape index (κ2) is 5.56. The Morgan fingerprint density at radius 3 is 2.09 bits per heavy atom. The standard InChI is InChI=1S/C9H21NO/c1-5-6-10(8(2)3)7-9(4)11/h8-9,11H,5-7H2,1-4H3. The normalized spacial score (nSPS) is 14.5. The van der Waals surface area contributed by atoms with Crippen molar-refractivity contribution < 1.29 is 5.11 Å². The summed E-state index contributed by atoms with van der Waals surface area (Å²) in [5.74, 6) is 0. The SMILES string of the molecule is CCCN(CC(C)O)C(C)C. The van der Waals surface area contributed by atoms with Gasteiger partial charge in [-0.25, -0.2) is 0 Å². The van der Waals surface area contributed by atoms with E-state index in [9.17, 15) is 0 Å². The zero-order chi connectivity index (χ0) is 8.85. The van der Waals surface area contributed by atoms with Gasteiger partial charge in [0.15, 0.2) is 0 Å². The van der Waals surface area contributed by atoms with E-state index in [1.54, 1.807) is 0 Å². The number of hydrogen-bond acceptors (Lipinski definition) is 2. The highest BCUT2D eigenvalue weighted by Gasteiger charge is 2.09. The van der Waals surface area contributed by atoms with Crippen molar-refractivity contribution in [2.45, 2.75) is 46.3 Å². The molecule has 0 aromatic heterocycles. The second-order valence-electron chi connectivity index (χ2n) is 3.44. The summed E-state index contributed by atoms with van der Waals surface area (Å²) in [5.41, 5.74) is 0. The Morgan fingerprint density at radius 2 is 1.82 bits per heavy atom. The van der Waals surface area contributed by atoms with Crippen LogP contribution in [0.15, 0.2) is 0 Å². The van der Waals surface area contributed by atoms with Gasteiger partial charge in [0.05, 0.1) is 6.10 Å². The molecule has 0 rings (SSSR count). The van der Waals surface area contributed by atoms with Crippen LogP contribution in [0, 0.1) is 0 Å². The minimum Gasteiger partial charge on any atom is -0.392 e. The largest absolute Gasteiger partial charge is 0.392 e. The molecule has 0 aliphatic carbocycles. The van der Waals surface area contributed by atoms with Crippen molar-refractivity contribution in [2.75, 3.05) is 13.1 Å². The van der Waals surface area contributed by atoms with Crippen LogP contribution < -0.4 is 0 Å². The molecular formula is C9H21NO. The highest BCUT2D eigenvalue weighted by atomic mass is 16.3. The fourth-order valence-electron chi connectivity index (χ4n) is 1.19. The summed E-state index contributed by atoms with van der Waals surface area (Å²) in [6, 6.07) is 0.546. The van der Waals surface area contributed by atoms with Gasteiger partial charge >= 0.3 is 0 Å². The third-order valence-corrected chi connectivity index (χ3v) is 1.74. The van der Waals surface area contributed by atoms with Gasteiger partial charge in [0.1, 0.15) is 0 Å². The van der Waals surface area contributed by atoms with Crippen molar-refractivity contribution >= 4 is 0 Å². The van der Waals surface area contributed by atoms with E-state index in [0.29, 0.717) is 6.04 Å². The van der Waals surface area contributed by atoms with Gasteiger partial charge in [0.2, 0.25) is 0 Å². The van der Waals surface area contributed by atoms with Crippen LogP contribution in [-0.4, -0.2) is 35.2 Å². The molecule has 0 amide bonds. The zero-order valence-corrected chi connectivity index (χ0v) is 8.17. The van der Waals surface area contributed by atoms with Gasteiger partial charge in [-0.15, -0.1) is 0 Å². The molecule has 0 aliphatic heterocycles. The lowest BCUT2D eigenvalue weighted by Gasteiger charge is -2.26. The first kappa shape index (κ1) is 10.9. The third-order valence-electron chi connectivity index (χ3n) is 1.74. The topological polar surface area (TPSA) is 23.5 Å². The monoisotopic (exact) mass is 159 g/mol. The Balaban J connectivity index is 3.69. The lowest BCUT2D eigenvalue weighted by atomic mass is 10.2. The van der Waals surface area contributed by atoms with E-state index < -0.39 is 0 Å². The second-order valence-corrected chi connectivity index (χ2v) is 3.44. The van der Waals surface area contributed by atoms with Crippen LogP contribution >= 0.6 is 0 Å². The van der Waals surface area contributed by atoms with Crippen LogP contribution in [0.25, 0.3) is 0 Å². The summed E-state index contributed by atoms with van der Waals surface area (Å²) < 4.78 is 0. The van der Waals surface area contributed by atoms with Gasteiger partial charge in [0.25, 0.3) is 0 Å². The molecule has 68 valence electrons. The van der Waals surface area contributed by atoms with Gasteiger partial charge in [-0.2, -0.15) is 0 Å². The minimum atomic E-state index is -0.205. The molecule has 1 unspecified atom stereocenters. The van der Waals surface area contributed by atoms with Crippen LogP contribution in [0.1, 0.15) is 34.1 Å². The third kappa shape index (κ3) is 5.22. The van der Waals surface area contributed by atoms with Gasteiger partial charge < -0.3 is 5.11 Å². The average Bonchev–Trinajstić information content (AvgIpc) is 1.86. The maximum absolute atomic E-state index is 9.16. The molecule has 11 heavy (non-hydrogen) atoms. The molecule has 2 nitrogen and oxygen atoms in total. The summed E-state index contributed by atoms with van der Waals surface area (Å²) in [6.45, 7) is 10.2. The first-order chi connectivity index (χ1) is 5.07.